The van der Waals surface area contributed by atoms with Crippen molar-refractivity contribution in [2.75, 3.05) is 0 Å². The molecule has 3 rings (SSSR count). The second kappa shape index (κ2) is 6.11. The lowest BCUT2D eigenvalue weighted by Gasteiger charge is -2.07. The fraction of sp³-hybridized carbons (Fsp3) is 0.118. The molecule has 1 aromatic heterocycles. The molecule has 0 saturated heterocycles. The van der Waals surface area contributed by atoms with E-state index < -0.39 is 0 Å². The molecule has 0 amide bonds. The third-order valence-electron chi connectivity index (χ3n) is 3.50. The van der Waals surface area contributed by atoms with Crippen LogP contribution < -0.4 is 0 Å². The van der Waals surface area contributed by atoms with Gasteiger partial charge < -0.3 is 5.11 Å². The first kappa shape index (κ1) is 15.1. The van der Waals surface area contributed by atoms with Crippen LogP contribution in [0.4, 0.5) is 4.39 Å². The van der Waals surface area contributed by atoms with Gasteiger partial charge in [0.25, 0.3) is 0 Å². The van der Waals surface area contributed by atoms with E-state index in [-0.39, 0.29) is 16.6 Å². The van der Waals surface area contributed by atoms with Crippen LogP contribution >= 0.6 is 23.2 Å². The Labute approximate surface area is 137 Å². The third-order valence-corrected chi connectivity index (χ3v) is 4.10. The van der Waals surface area contributed by atoms with Crippen LogP contribution in [0.25, 0.3) is 10.9 Å². The zero-order chi connectivity index (χ0) is 15.7. The van der Waals surface area contributed by atoms with Gasteiger partial charge >= 0.3 is 0 Å². The van der Waals surface area contributed by atoms with Crippen molar-refractivity contribution < 1.29 is 9.50 Å². The highest BCUT2D eigenvalue weighted by Crippen LogP contribution is 2.36. The summed E-state index contributed by atoms with van der Waals surface area (Å²) < 4.78 is 12.9. The largest absolute Gasteiger partial charge is 0.504 e. The van der Waals surface area contributed by atoms with Crippen LogP contribution in [-0.4, -0.2) is 10.1 Å². The minimum Gasteiger partial charge on any atom is -0.504 e. The molecule has 112 valence electrons. The van der Waals surface area contributed by atoms with Gasteiger partial charge in [0.05, 0.1) is 10.0 Å². The average molecular weight is 336 g/mol. The second-order valence-corrected chi connectivity index (χ2v) is 5.83. The SMILES string of the molecule is Oc1c(Cl)cc(Cl)c2ccc(CCc3ccc(F)cc3)nc12. The smallest absolute Gasteiger partial charge is 0.160 e. The first-order chi connectivity index (χ1) is 10.5. The van der Waals surface area contributed by atoms with Crippen molar-refractivity contribution in [3.05, 3.63) is 69.6 Å². The van der Waals surface area contributed by atoms with Gasteiger partial charge in [0.15, 0.2) is 5.75 Å². The Hall–Kier alpha value is -1.84. The predicted octanol–water partition coefficient (Wildman–Crippen LogP) is 5.17. The molecule has 0 bridgehead atoms. The standard InChI is InChI=1S/C17H12Cl2FNO/c18-14-9-15(19)17(22)16-13(14)8-7-12(21-16)6-3-10-1-4-11(20)5-2-10/h1-2,4-5,7-9,22H,3,6H2. The molecule has 0 aliphatic carbocycles. The number of aromatic nitrogens is 1. The van der Waals surface area contributed by atoms with Crippen LogP contribution in [0.5, 0.6) is 5.75 Å². The normalized spacial score (nSPS) is 11.0. The molecular formula is C17H12Cl2FNO. The first-order valence-corrected chi connectivity index (χ1v) is 7.51. The molecule has 0 fully saturated rings. The van der Waals surface area contributed by atoms with Gasteiger partial charge in [-0.25, -0.2) is 9.37 Å². The highest BCUT2D eigenvalue weighted by atomic mass is 35.5. The first-order valence-electron chi connectivity index (χ1n) is 6.75. The number of hydrogen-bond acceptors (Lipinski definition) is 2. The van der Waals surface area contributed by atoms with Crippen molar-refractivity contribution in [1.29, 1.82) is 0 Å². The van der Waals surface area contributed by atoms with Gasteiger partial charge in [-0.05, 0) is 48.7 Å². The Morgan fingerprint density at radius 2 is 1.68 bits per heavy atom. The van der Waals surface area contributed by atoms with Crippen LogP contribution in [0.3, 0.4) is 0 Å². The third kappa shape index (κ3) is 3.01. The molecule has 1 heterocycles. The number of benzene rings is 2. The lowest BCUT2D eigenvalue weighted by Crippen LogP contribution is -1.95. The lowest BCUT2D eigenvalue weighted by molar-refractivity contribution is 0.480. The molecule has 3 aromatic rings. The Balaban J connectivity index is 1.88. The Kier molecular flexibility index (Phi) is 4.19. The average Bonchev–Trinajstić information content (AvgIpc) is 2.52. The van der Waals surface area contributed by atoms with Crippen molar-refractivity contribution in [2.45, 2.75) is 12.8 Å². The van der Waals surface area contributed by atoms with Crippen LogP contribution in [0, 0.1) is 5.82 Å². The predicted molar refractivity (Wildman–Crippen MR) is 87.2 cm³/mol. The maximum absolute atomic E-state index is 12.9. The maximum atomic E-state index is 12.9. The monoisotopic (exact) mass is 335 g/mol. The van der Waals surface area contributed by atoms with E-state index in [1.807, 2.05) is 12.1 Å². The Morgan fingerprint density at radius 1 is 0.955 bits per heavy atom. The summed E-state index contributed by atoms with van der Waals surface area (Å²) in [7, 11) is 0. The molecule has 0 aliphatic rings. The fourth-order valence-corrected chi connectivity index (χ4v) is 2.82. The Morgan fingerprint density at radius 3 is 2.41 bits per heavy atom. The Bertz CT molecular complexity index is 834. The molecule has 2 nitrogen and oxygen atoms in total. The van der Waals surface area contributed by atoms with E-state index in [1.54, 1.807) is 12.1 Å². The summed E-state index contributed by atoms with van der Waals surface area (Å²) in [5, 5.41) is 11.3. The number of fused-ring (bicyclic) bond motifs is 1. The molecule has 2 aromatic carbocycles. The minimum absolute atomic E-state index is 0.0651. The molecule has 0 saturated carbocycles. The van der Waals surface area contributed by atoms with Gasteiger partial charge in [0, 0.05) is 11.1 Å². The number of phenols is 1. The van der Waals surface area contributed by atoms with Crippen LogP contribution in [0.2, 0.25) is 10.0 Å². The fourth-order valence-electron chi connectivity index (χ4n) is 2.31. The number of aryl methyl sites for hydroxylation is 2. The summed E-state index contributed by atoms with van der Waals surface area (Å²) in [6.45, 7) is 0. The number of halogens is 3. The van der Waals surface area contributed by atoms with E-state index >= 15 is 0 Å². The van der Waals surface area contributed by atoms with Gasteiger partial charge in [-0.3, -0.25) is 0 Å². The van der Waals surface area contributed by atoms with Gasteiger partial charge in [-0.1, -0.05) is 35.3 Å². The number of nitrogens with zero attached hydrogens (tertiary/aromatic N) is 1. The summed E-state index contributed by atoms with van der Waals surface area (Å²) >= 11 is 12.0. The van der Waals surface area contributed by atoms with Crippen molar-refractivity contribution in [1.82, 2.24) is 4.98 Å². The summed E-state index contributed by atoms with van der Waals surface area (Å²) in [6.07, 6.45) is 1.40. The number of pyridine rings is 1. The molecule has 5 heteroatoms. The van der Waals surface area contributed by atoms with E-state index in [2.05, 4.69) is 4.98 Å². The quantitative estimate of drug-likeness (QED) is 0.716. The molecule has 0 unspecified atom stereocenters. The highest BCUT2D eigenvalue weighted by Gasteiger charge is 2.11. The maximum Gasteiger partial charge on any atom is 0.160 e. The van der Waals surface area contributed by atoms with E-state index in [0.29, 0.717) is 22.3 Å². The number of rotatable bonds is 3. The molecule has 0 radical (unpaired) electrons. The number of aromatic hydroxyl groups is 1. The molecule has 1 N–H and O–H groups in total. The topological polar surface area (TPSA) is 33.1 Å². The van der Waals surface area contributed by atoms with Crippen molar-refractivity contribution in [3.8, 4) is 5.75 Å². The molecule has 22 heavy (non-hydrogen) atoms. The van der Waals surface area contributed by atoms with E-state index in [4.69, 9.17) is 23.2 Å². The molecule has 0 spiro atoms. The van der Waals surface area contributed by atoms with E-state index in [0.717, 1.165) is 17.7 Å². The molecule has 0 aliphatic heterocycles. The molecule has 0 atom stereocenters. The number of hydrogen-bond donors (Lipinski definition) is 1. The van der Waals surface area contributed by atoms with E-state index in [1.165, 1.54) is 18.2 Å². The van der Waals surface area contributed by atoms with Crippen molar-refractivity contribution in [3.63, 3.8) is 0 Å². The van der Waals surface area contributed by atoms with Gasteiger partial charge in [-0.2, -0.15) is 0 Å². The van der Waals surface area contributed by atoms with E-state index in [9.17, 15) is 9.50 Å². The lowest BCUT2D eigenvalue weighted by atomic mass is 10.1. The van der Waals surface area contributed by atoms with Gasteiger partial charge in [0.1, 0.15) is 11.3 Å². The number of phenolic OH excluding ortho intramolecular Hbond substituents is 1. The summed E-state index contributed by atoms with van der Waals surface area (Å²) in [5.74, 6) is -0.313. The van der Waals surface area contributed by atoms with Crippen molar-refractivity contribution in [2.24, 2.45) is 0 Å². The highest BCUT2D eigenvalue weighted by molar-refractivity contribution is 6.39. The van der Waals surface area contributed by atoms with Crippen LogP contribution in [-0.2, 0) is 12.8 Å². The van der Waals surface area contributed by atoms with Gasteiger partial charge in [0.2, 0.25) is 0 Å². The van der Waals surface area contributed by atoms with Gasteiger partial charge in [-0.15, -0.1) is 0 Å². The summed E-state index contributed by atoms with van der Waals surface area (Å²) in [6, 6.07) is 11.6. The summed E-state index contributed by atoms with van der Waals surface area (Å²) in [4.78, 5) is 4.44. The zero-order valence-corrected chi connectivity index (χ0v) is 13.0. The van der Waals surface area contributed by atoms with Crippen LogP contribution in [0.15, 0.2) is 42.5 Å². The zero-order valence-electron chi connectivity index (χ0n) is 11.5. The minimum atomic E-state index is -0.248. The summed E-state index contributed by atoms with van der Waals surface area (Å²) in [5.41, 5.74) is 2.23. The molecular weight excluding hydrogens is 324 g/mol. The second-order valence-electron chi connectivity index (χ2n) is 5.01. The van der Waals surface area contributed by atoms with Crippen LogP contribution in [0.1, 0.15) is 11.3 Å². The van der Waals surface area contributed by atoms with Crippen molar-refractivity contribution >= 4 is 34.1 Å².